The van der Waals surface area contributed by atoms with Crippen molar-refractivity contribution < 1.29 is 13.2 Å². The molecule has 0 aliphatic carbocycles. The Labute approximate surface area is 99.1 Å². The zero-order valence-corrected chi connectivity index (χ0v) is 9.64. The molecule has 0 saturated heterocycles. The van der Waals surface area contributed by atoms with Gasteiger partial charge in [-0.05, 0) is 25.0 Å². The van der Waals surface area contributed by atoms with Crippen molar-refractivity contribution in [3.05, 3.63) is 29.1 Å². The standard InChI is InChI=1S/C13H14F3N/c1-3-5-6-7-12-9-10(13(14,15)16)8-11(4-2)17-12/h2,8-9H,3,5-7H2,1H3. The van der Waals surface area contributed by atoms with Gasteiger partial charge in [0.15, 0.2) is 0 Å². The van der Waals surface area contributed by atoms with E-state index >= 15 is 0 Å². The van der Waals surface area contributed by atoms with Crippen molar-refractivity contribution in [1.82, 2.24) is 4.98 Å². The van der Waals surface area contributed by atoms with Gasteiger partial charge in [0.25, 0.3) is 0 Å². The summed E-state index contributed by atoms with van der Waals surface area (Å²) < 4.78 is 37.7. The molecule has 92 valence electrons. The molecule has 1 aromatic rings. The van der Waals surface area contributed by atoms with Gasteiger partial charge in [-0.2, -0.15) is 13.2 Å². The molecule has 0 atom stereocenters. The van der Waals surface area contributed by atoms with E-state index in [1.165, 1.54) is 0 Å². The second-order valence-corrected chi connectivity index (χ2v) is 3.83. The van der Waals surface area contributed by atoms with E-state index in [1.807, 2.05) is 6.92 Å². The van der Waals surface area contributed by atoms with Crippen LogP contribution in [0.2, 0.25) is 0 Å². The summed E-state index contributed by atoms with van der Waals surface area (Å²) in [6.45, 7) is 2.03. The van der Waals surface area contributed by atoms with E-state index < -0.39 is 11.7 Å². The van der Waals surface area contributed by atoms with E-state index in [0.717, 1.165) is 31.4 Å². The summed E-state index contributed by atoms with van der Waals surface area (Å²) in [5.74, 6) is 2.16. The molecule has 1 rings (SSSR count). The van der Waals surface area contributed by atoms with E-state index in [0.29, 0.717) is 12.1 Å². The zero-order chi connectivity index (χ0) is 12.9. The number of unbranched alkanes of at least 4 members (excludes halogenated alkanes) is 2. The number of terminal acetylenes is 1. The number of rotatable bonds is 4. The SMILES string of the molecule is C#Cc1cc(C(F)(F)F)cc(CCCCC)n1. The van der Waals surface area contributed by atoms with Crippen molar-refractivity contribution in [1.29, 1.82) is 0 Å². The van der Waals surface area contributed by atoms with E-state index in [1.54, 1.807) is 0 Å². The van der Waals surface area contributed by atoms with E-state index in [4.69, 9.17) is 6.42 Å². The highest BCUT2D eigenvalue weighted by Crippen LogP contribution is 2.30. The fourth-order valence-electron chi connectivity index (χ4n) is 1.51. The van der Waals surface area contributed by atoms with Gasteiger partial charge in [-0.25, -0.2) is 4.98 Å². The molecule has 1 nitrogen and oxygen atoms in total. The maximum atomic E-state index is 12.6. The molecule has 0 aliphatic heterocycles. The topological polar surface area (TPSA) is 12.9 Å². The second-order valence-electron chi connectivity index (χ2n) is 3.83. The number of aryl methyl sites for hydroxylation is 1. The summed E-state index contributed by atoms with van der Waals surface area (Å²) in [4.78, 5) is 4.00. The smallest absolute Gasteiger partial charge is 0.244 e. The molecule has 0 spiro atoms. The summed E-state index contributed by atoms with van der Waals surface area (Å²) in [5, 5.41) is 0. The Morgan fingerprint density at radius 1 is 1.29 bits per heavy atom. The first-order valence-corrected chi connectivity index (χ1v) is 5.52. The Kier molecular flexibility index (Phi) is 4.56. The van der Waals surface area contributed by atoms with Crippen LogP contribution in [-0.2, 0) is 12.6 Å². The molecular weight excluding hydrogens is 227 g/mol. The van der Waals surface area contributed by atoms with Crippen LogP contribution in [0.25, 0.3) is 0 Å². The van der Waals surface area contributed by atoms with E-state index in [2.05, 4.69) is 10.9 Å². The van der Waals surface area contributed by atoms with Crippen LogP contribution in [-0.4, -0.2) is 4.98 Å². The highest BCUT2D eigenvalue weighted by molar-refractivity contribution is 5.32. The summed E-state index contributed by atoms with van der Waals surface area (Å²) in [6.07, 6.45) is 4.09. The Bertz CT molecular complexity index is 416. The first-order valence-electron chi connectivity index (χ1n) is 5.52. The fourth-order valence-corrected chi connectivity index (χ4v) is 1.51. The minimum Gasteiger partial charge on any atom is -0.244 e. The van der Waals surface area contributed by atoms with Crippen LogP contribution in [0.3, 0.4) is 0 Å². The first-order chi connectivity index (χ1) is 7.97. The number of alkyl halides is 3. The molecule has 17 heavy (non-hydrogen) atoms. The molecule has 4 heteroatoms. The van der Waals surface area contributed by atoms with Crippen molar-refractivity contribution >= 4 is 0 Å². The number of hydrogen-bond acceptors (Lipinski definition) is 1. The van der Waals surface area contributed by atoms with Gasteiger partial charge in [-0.3, -0.25) is 0 Å². The number of pyridine rings is 1. The molecule has 0 fully saturated rings. The quantitative estimate of drug-likeness (QED) is 0.577. The molecule has 0 bridgehead atoms. The van der Waals surface area contributed by atoms with Crippen LogP contribution in [0.4, 0.5) is 13.2 Å². The lowest BCUT2D eigenvalue weighted by atomic mass is 10.1. The Morgan fingerprint density at radius 3 is 2.53 bits per heavy atom. The zero-order valence-electron chi connectivity index (χ0n) is 9.64. The average Bonchev–Trinajstić information content (AvgIpc) is 2.28. The van der Waals surface area contributed by atoms with Gasteiger partial charge in [-0.1, -0.05) is 25.7 Å². The average molecular weight is 241 g/mol. The largest absolute Gasteiger partial charge is 0.416 e. The number of hydrogen-bond donors (Lipinski definition) is 0. The van der Waals surface area contributed by atoms with E-state index in [9.17, 15) is 13.2 Å². The third kappa shape index (κ3) is 4.10. The molecule has 0 saturated carbocycles. The third-order valence-corrected chi connectivity index (χ3v) is 2.39. The highest BCUT2D eigenvalue weighted by Gasteiger charge is 2.31. The molecule has 1 aromatic heterocycles. The predicted octanol–water partition coefficient (Wildman–Crippen LogP) is 3.81. The van der Waals surface area contributed by atoms with Crippen LogP contribution in [0.1, 0.15) is 43.1 Å². The van der Waals surface area contributed by atoms with Crippen LogP contribution in [0.15, 0.2) is 12.1 Å². The number of nitrogens with zero attached hydrogens (tertiary/aromatic N) is 1. The summed E-state index contributed by atoms with van der Waals surface area (Å²) in [7, 11) is 0. The van der Waals surface area contributed by atoms with Crippen LogP contribution in [0, 0.1) is 12.3 Å². The minimum atomic E-state index is -4.37. The molecule has 0 N–H and O–H groups in total. The number of aromatic nitrogens is 1. The van der Waals surface area contributed by atoms with Crippen LogP contribution >= 0.6 is 0 Å². The lowest BCUT2D eigenvalue weighted by Gasteiger charge is -2.09. The molecule has 0 aromatic carbocycles. The van der Waals surface area contributed by atoms with Crippen molar-refractivity contribution in [2.75, 3.05) is 0 Å². The van der Waals surface area contributed by atoms with Gasteiger partial charge in [0.2, 0.25) is 0 Å². The first kappa shape index (κ1) is 13.6. The van der Waals surface area contributed by atoms with Crippen molar-refractivity contribution in [2.45, 2.75) is 38.8 Å². The van der Waals surface area contributed by atoms with Gasteiger partial charge in [0.05, 0.1) is 5.56 Å². The second kappa shape index (κ2) is 5.72. The number of halogens is 3. The van der Waals surface area contributed by atoms with Crippen molar-refractivity contribution in [3.63, 3.8) is 0 Å². The lowest BCUT2D eigenvalue weighted by molar-refractivity contribution is -0.137. The monoisotopic (exact) mass is 241 g/mol. The maximum Gasteiger partial charge on any atom is 0.416 e. The fraction of sp³-hybridized carbons (Fsp3) is 0.462. The van der Waals surface area contributed by atoms with Gasteiger partial charge in [0, 0.05) is 5.69 Å². The molecular formula is C13H14F3N. The van der Waals surface area contributed by atoms with E-state index in [-0.39, 0.29) is 5.69 Å². The highest BCUT2D eigenvalue weighted by atomic mass is 19.4. The summed E-state index contributed by atoms with van der Waals surface area (Å²) in [5.41, 5.74) is -0.250. The minimum absolute atomic E-state index is 0.0475. The normalized spacial score (nSPS) is 11.2. The van der Waals surface area contributed by atoms with Gasteiger partial charge < -0.3 is 0 Å². The molecule has 0 aliphatic rings. The van der Waals surface area contributed by atoms with Gasteiger partial charge >= 0.3 is 6.18 Å². The van der Waals surface area contributed by atoms with Gasteiger partial charge in [-0.15, -0.1) is 6.42 Å². The Hall–Kier alpha value is -1.50. The summed E-state index contributed by atoms with van der Waals surface area (Å²) in [6, 6.07) is 1.99. The lowest BCUT2D eigenvalue weighted by Crippen LogP contribution is -2.08. The van der Waals surface area contributed by atoms with Gasteiger partial charge in [0.1, 0.15) is 5.69 Å². The van der Waals surface area contributed by atoms with Crippen LogP contribution < -0.4 is 0 Å². The molecule has 0 radical (unpaired) electrons. The molecule has 0 unspecified atom stereocenters. The Balaban J connectivity index is 2.95. The predicted molar refractivity (Wildman–Crippen MR) is 60.4 cm³/mol. The van der Waals surface area contributed by atoms with Crippen molar-refractivity contribution in [3.8, 4) is 12.3 Å². The maximum absolute atomic E-state index is 12.6. The third-order valence-electron chi connectivity index (χ3n) is 2.39. The molecule has 0 amide bonds. The summed E-state index contributed by atoms with van der Waals surface area (Å²) >= 11 is 0. The Morgan fingerprint density at radius 2 is 2.00 bits per heavy atom. The van der Waals surface area contributed by atoms with Crippen molar-refractivity contribution in [2.24, 2.45) is 0 Å². The van der Waals surface area contributed by atoms with Crippen LogP contribution in [0.5, 0.6) is 0 Å². The molecule has 1 heterocycles.